The molecule has 2 nitrogen and oxygen atoms in total. The fraction of sp³-hybridized carbons (Fsp3) is 0.333. The molecule has 0 aliphatic heterocycles. The van der Waals surface area contributed by atoms with Crippen molar-refractivity contribution in [1.82, 2.24) is 0 Å². The average Bonchev–Trinajstić information content (AvgIpc) is 2.52. The summed E-state index contributed by atoms with van der Waals surface area (Å²) in [6.07, 6.45) is 4.47. The molecule has 2 aromatic rings. The smallest absolute Gasteiger partial charge is 0.0163 e. The van der Waals surface area contributed by atoms with Crippen molar-refractivity contribution < 1.29 is 0 Å². The zero-order chi connectivity index (χ0) is 14.2. The first-order chi connectivity index (χ1) is 9.79. The Labute approximate surface area is 121 Å². The molecule has 0 aromatic heterocycles. The largest absolute Gasteiger partial charge is 0.329 e. The molecule has 106 valence electrons. The van der Waals surface area contributed by atoms with E-state index in [4.69, 9.17) is 11.5 Å². The molecular weight excluding hydrogens is 244 g/mol. The number of aryl methyl sites for hydroxylation is 1. The second kappa shape index (κ2) is 7.83. The molecule has 2 aromatic carbocycles. The predicted molar refractivity (Wildman–Crippen MR) is 86.5 cm³/mol. The standard InChI is InChI=1S/C18H24N2/c19-14-18(20)9-5-4-6-15-10-12-17(13-11-15)16-7-2-1-3-8-16/h1-3,7-8,10-13,18H,4-6,9,14,19-20H2. The Kier molecular flexibility index (Phi) is 5.78. The number of nitrogens with two attached hydrogens (primary N) is 2. The van der Waals surface area contributed by atoms with Crippen LogP contribution in [0.15, 0.2) is 54.6 Å². The first kappa shape index (κ1) is 14.8. The van der Waals surface area contributed by atoms with E-state index in [0.29, 0.717) is 6.54 Å². The Bertz CT molecular complexity index is 491. The maximum Gasteiger partial charge on any atom is 0.0163 e. The molecule has 1 unspecified atom stereocenters. The van der Waals surface area contributed by atoms with Crippen molar-refractivity contribution in [3.8, 4) is 11.1 Å². The van der Waals surface area contributed by atoms with Gasteiger partial charge in [-0.05, 0) is 36.0 Å². The summed E-state index contributed by atoms with van der Waals surface area (Å²) < 4.78 is 0. The Hall–Kier alpha value is -1.64. The van der Waals surface area contributed by atoms with Crippen molar-refractivity contribution in [3.63, 3.8) is 0 Å². The van der Waals surface area contributed by atoms with Crippen LogP contribution in [0.25, 0.3) is 11.1 Å². The van der Waals surface area contributed by atoms with Gasteiger partial charge >= 0.3 is 0 Å². The van der Waals surface area contributed by atoms with Gasteiger partial charge in [0.15, 0.2) is 0 Å². The van der Waals surface area contributed by atoms with Gasteiger partial charge in [0, 0.05) is 12.6 Å². The van der Waals surface area contributed by atoms with Crippen LogP contribution in [0.5, 0.6) is 0 Å². The minimum atomic E-state index is 0.162. The van der Waals surface area contributed by atoms with Crippen molar-refractivity contribution in [3.05, 3.63) is 60.2 Å². The third-order valence-corrected chi connectivity index (χ3v) is 3.65. The van der Waals surface area contributed by atoms with E-state index in [1.807, 2.05) is 6.07 Å². The summed E-state index contributed by atoms with van der Waals surface area (Å²) in [7, 11) is 0. The van der Waals surface area contributed by atoms with Gasteiger partial charge < -0.3 is 11.5 Å². The minimum Gasteiger partial charge on any atom is -0.329 e. The molecular formula is C18H24N2. The van der Waals surface area contributed by atoms with Crippen molar-refractivity contribution in [2.45, 2.75) is 31.7 Å². The molecule has 0 bridgehead atoms. The minimum absolute atomic E-state index is 0.162. The Morgan fingerprint density at radius 1 is 0.800 bits per heavy atom. The molecule has 2 rings (SSSR count). The van der Waals surface area contributed by atoms with Crippen LogP contribution in [-0.2, 0) is 6.42 Å². The number of hydrogen-bond donors (Lipinski definition) is 2. The van der Waals surface area contributed by atoms with Crippen LogP contribution in [0, 0.1) is 0 Å². The van der Waals surface area contributed by atoms with Crippen LogP contribution in [0.3, 0.4) is 0 Å². The van der Waals surface area contributed by atoms with E-state index >= 15 is 0 Å². The molecule has 0 spiro atoms. The second-order valence-corrected chi connectivity index (χ2v) is 5.30. The molecule has 0 amide bonds. The summed E-state index contributed by atoms with van der Waals surface area (Å²) in [6.45, 7) is 0.589. The van der Waals surface area contributed by atoms with Gasteiger partial charge in [-0.25, -0.2) is 0 Å². The zero-order valence-corrected chi connectivity index (χ0v) is 12.0. The molecule has 2 heteroatoms. The highest BCUT2D eigenvalue weighted by atomic mass is 14.7. The van der Waals surface area contributed by atoms with Crippen molar-refractivity contribution >= 4 is 0 Å². The summed E-state index contributed by atoms with van der Waals surface area (Å²) in [6, 6.07) is 19.5. The molecule has 0 saturated heterocycles. The lowest BCUT2D eigenvalue weighted by atomic mass is 10.0. The van der Waals surface area contributed by atoms with Gasteiger partial charge in [-0.1, -0.05) is 61.0 Å². The van der Waals surface area contributed by atoms with E-state index in [1.165, 1.54) is 23.1 Å². The van der Waals surface area contributed by atoms with Crippen LogP contribution in [0.4, 0.5) is 0 Å². The maximum absolute atomic E-state index is 5.81. The van der Waals surface area contributed by atoms with Crippen LogP contribution < -0.4 is 11.5 Å². The lowest BCUT2D eigenvalue weighted by Gasteiger charge is -2.08. The molecule has 0 saturated carbocycles. The van der Waals surface area contributed by atoms with Gasteiger partial charge in [0.25, 0.3) is 0 Å². The number of benzene rings is 2. The van der Waals surface area contributed by atoms with Crippen LogP contribution in [0.1, 0.15) is 24.8 Å². The third-order valence-electron chi connectivity index (χ3n) is 3.65. The van der Waals surface area contributed by atoms with Crippen LogP contribution in [-0.4, -0.2) is 12.6 Å². The Morgan fingerprint density at radius 2 is 1.45 bits per heavy atom. The molecule has 0 fully saturated rings. The highest BCUT2D eigenvalue weighted by Crippen LogP contribution is 2.20. The van der Waals surface area contributed by atoms with Crippen LogP contribution in [0.2, 0.25) is 0 Å². The number of unbranched alkanes of at least 4 members (excludes halogenated alkanes) is 1. The normalized spacial score (nSPS) is 12.3. The Morgan fingerprint density at radius 3 is 2.10 bits per heavy atom. The first-order valence-electron chi connectivity index (χ1n) is 7.39. The van der Waals surface area contributed by atoms with Gasteiger partial charge in [0.05, 0.1) is 0 Å². The number of hydrogen-bond acceptors (Lipinski definition) is 2. The third kappa shape index (κ3) is 4.48. The summed E-state index contributed by atoms with van der Waals surface area (Å²) in [5.41, 5.74) is 15.3. The Balaban J connectivity index is 1.83. The lowest BCUT2D eigenvalue weighted by Crippen LogP contribution is -2.29. The quantitative estimate of drug-likeness (QED) is 0.757. The summed E-state index contributed by atoms with van der Waals surface area (Å²) in [5, 5.41) is 0. The highest BCUT2D eigenvalue weighted by Gasteiger charge is 2.00. The summed E-state index contributed by atoms with van der Waals surface area (Å²) in [5.74, 6) is 0. The molecule has 0 heterocycles. The van der Waals surface area contributed by atoms with E-state index < -0.39 is 0 Å². The summed E-state index contributed by atoms with van der Waals surface area (Å²) >= 11 is 0. The SMILES string of the molecule is NCC(N)CCCCc1ccc(-c2ccccc2)cc1. The number of rotatable bonds is 7. The molecule has 4 N–H and O–H groups in total. The van der Waals surface area contributed by atoms with E-state index in [1.54, 1.807) is 0 Å². The highest BCUT2D eigenvalue weighted by molar-refractivity contribution is 5.63. The second-order valence-electron chi connectivity index (χ2n) is 5.30. The fourth-order valence-electron chi connectivity index (χ4n) is 2.35. The average molecular weight is 268 g/mol. The van der Waals surface area contributed by atoms with E-state index in [9.17, 15) is 0 Å². The van der Waals surface area contributed by atoms with Gasteiger partial charge in [-0.2, -0.15) is 0 Å². The van der Waals surface area contributed by atoms with Gasteiger partial charge in [0.1, 0.15) is 0 Å². The molecule has 0 radical (unpaired) electrons. The topological polar surface area (TPSA) is 52.0 Å². The van der Waals surface area contributed by atoms with Crippen LogP contribution >= 0.6 is 0 Å². The van der Waals surface area contributed by atoms with Crippen molar-refractivity contribution in [2.24, 2.45) is 11.5 Å². The monoisotopic (exact) mass is 268 g/mol. The molecule has 0 aliphatic carbocycles. The zero-order valence-electron chi connectivity index (χ0n) is 12.0. The molecule has 1 atom stereocenters. The van der Waals surface area contributed by atoms with Crippen molar-refractivity contribution in [1.29, 1.82) is 0 Å². The van der Waals surface area contributed by atoms with E-state index in [2.05, 4.69) is 48.5 Å². The van der Waals surface area contributed by atoms with E-state index in [0.717, 1.165) is 19.3 Å². The molecule has 20 heavy (non-hydrogen) atoms. The maximum atomic E-state index is 5.81. The predicted octanol–water partition coefficient (Wildman–Crippen LogP) is 3.35. The van der Waals surface area contributed by atoms with Gasteiger partial charge in [0.2, 0.25) is 0 Å². The van der Waals surface area contributed by atoms with E-state index in [-0.39, 0.29) is 6.04 Å². The molecule has 0 aliphatic rings. The summed E-state index contributed by atoms with van der Waals surface area (Å²) in [4.78, 5) is 0. The van der Waals surface area contributed by atoms with Gasteiger partial charge in [-0.15, -0.1) is 0 Å². The van der Waals surface area contributed by atoms with Crippen molar-refractivity contribution in [2.75, 3.05) is 6.54 Å². The lowest BCUT2D eigenvalue weighted by molar-refractivity contribution is 0.570. The first-order valence-corrected chi connectivity index (χ1v) is 7.39. The fourth-order valence-corrected chi connectivity index (χ4v) is 2.35. The van der Waals surface area contributed by atoms with Gasteiger partial charge in [-0.3, -0.25) is 0 Å².